The zero-order valence-electron chi connectivity index (χ0n) is 10.8. The number of carbonyl (C=O) groups excluding carboxylic acids is 1. The van der Waals surface area contributed by atoms with Crippen molar-refractivity contribution in [2.45, 2.75) is 37.5 Å². The largest absolute Gasteiger partial charge is 0.454 e. The third-order valence-electron chi connectivity index (χ3n) is 4.20. The van der Waals surface area contributed by atoms with Gasteiger partial charge in [-0.3, -0.25) is 10.2 Å². The number of hydrazine groups is 1. The van der Waals surface area contributed by atoms with E-state index in [1.165, 1.54) is 6.42 Å². The molecule has 5 heteroatoms. The quantitative estimate of drug-likeness (QED) is 0.482. The molecular formula is C14H18N2O3. The predicted molar refractivity (Wildman–Crippen MR) is 69.7 cm³/mol. The maximum Gasteiger partial charge on any atom is 0.244 e. The molecule has 0 aromatic heterocycles. The van der Waals surface area contributed by atoms with Crippen LogP contribution in [0.4, 0.5) is 0 Å². The normalized spacial score (nSPS) is 20.1. The van der Waals surface area contributed by atoms with Crippen molar-refractivity contribution in [3.63, 3.8) is 0 Å². The van der Waals surface area contributed by atoms with Gasteiger partial charge in [0.05, 0.1) is 5.41 Å². The van der Waals surface area contributed by atoms with Crippen LogP contribution in [0.2, 0.25) is 0 Å². The molecule has 102 valence electrons. The lowest BCUT2D eigenvalue weighted by molar-refractivity contribution is -0.128. The number of nitrogens with two attached hydrogens (primary N) is 1. The molecule has 1 heterocycles. The van der Waals surface area contributed by atoms with E-state index in [0.29, 0.717) is 5.75 Å². The summed E-state index contributed by atoms with van der Waals surface area (Å²) in [5, 5.41) is 0. The van der Waals surface area contributed by atoms with Crippen LogP contribution >= 0.6 is 0 Å². The molecule has 1 aromatic rings. The number of amides is 1. The highest BCUT2D eigenvalue weighted by atomic mass is 16.7. The van der Waals surface area contributed by atoms with E-state index >= 15 is 0 Å². The summed E-state index contributed by atoms with van der Waals surface area (Å²) in [6, 6.07) is 5.74. The van der Waals surface area contributed by atoms with Gasteiger partial charge in [0.15, 0.2) is 11.5 Å². The lowest BCUT2D eigenvalue weighted by Gasteiger charge is -2.35. The molecular weight excluding hydrogens is 244 g/mol. The van der Waals surface area contributed by atoms with Crippen LogP contribution in [0.3, 0.4) is 0 Å². The topological polar surface area (TPSA) is 73.6 Å². The molecule has 1 aromatic carbocycles. The van der Waals surface area contributed by atoms with E-state index < -0.39 is 5.41 Å². The lowest BCUT2D eigenvalue weighted by atomic mass is 9.69. The number of carbonyl (C=O) groups is 1. The average Bonchev–Trinajstić information content (AvgIpc) is 2.94. The Morgan fingerprint density at radius 1 is 1.16 bits per heavy atom. The molecule has 0 saturated heterocycles. The monoisotopic (exact) mass is 262 g/mol. The summed E-state index contributed by atoms with van der Waals surface area (Å²) in [7, 11) is 0. The first-order valence-electron chi connectivity index (χ1n) is 6.67. The van der Waals surface area contributed by atoms with Gasteiger partial charge in [0.25, 0.3) is 0 Å². The fourth-order valence-corrected chi connectivity index (χ4v) is 3.13. The molecule has 0 atom stereocenters. The Labute approximate surface area is 112 Å². The van der Waals surface area contributed by atoms with Gasteiger partial charge in [0.2, 0.25) is 12.7 Å². The molecule has 1 fully saturated rings. The molecule has 1 amide bonds. The summed E-state index contributed by atoms with van der Waals surface area (Å²) in [5.41, 5.74) is 2.78. The second kappa shape index (κ2) is 4.74. The molecule has 19 heavy (non-hydrogen) atoms. The first-order chi connectivity index (χ1) is 9.26. The van der Waals surface area contributed by atoms with Crippen LogP contribution in [0.1, 0.15) is 37.7 Å². The van der Waals surface area contributed by atoms with Crippen molar-refractivity contribution in [2.75, 3.05) is 6.79 Å². The van der Waals surface area contributed by atoms with Crippen molar-refractivity contribution in [3.8, 4) is 11.5 Å². The standard InChI is InChI=1S/C14H18N2O3/c15-16-13(17)14(6-2-1-3-7-14)10-4-5-11-12(8-10)19-9-18-11/h4-5,8H,1-3,6-7,9,15H2,(H,16,17). The lowest BCUT2D eigenvalue weighted by Crippen LogP contribution is -2.48. The van der Waals surface area contributed by atoms with Gasteiger partial charge in [-0.2, -0.15) is 0 Å². The Morgan fingerprint density at radius 3 is 2.63 bits per heavy atom. The van der Waals surface area contributed by atoms with Gasteiger partial charge in [-0.05, 0) is 30.5 Å². The summed E-state index contributed by atoms with van der Waals surface area (Å²) in [6.07, 6.45) is 4.92. The SMILES string of the molecule is NNC(=O)C1(c2ccc3c(c2)OCO3)CCCCC1. The first kappa shape index (κ1) is 12.3. The molecule has 3 N–H and O–H groups in total. The van der Waals surface area contributed by atoms with Crippen LogP contribution in [-0.4, -0.2) is 12.7 Å². The van der Waals surface area contributed by atoms with E-state index in [2.05, 4.69) is 5.43 Å². The number of benzene rings is 1. The van der Waals surface area contributed by atoms with Crippen molar-refractivity contribution >= 4 is 5.91 Å². The molecule has 5 nitrogen and oxygen atoms in total. The molecule has 0 spiro atoms. The zero-order valence-corrected chi connectivity index (χ0v) is 10.8. The number of fused-ring (bicyclic) bond motifs is 1. The summed E-state index contributed by atoms with van der Waals surface area (Å²) in [4.78, 5) is 12.3. The minimum Gasteiger partial charge on any atom is -0.454 e. The van der Waals surface area contributed by atoms with E-state index in [1.54, 1.807) is 0 Å². The maximum atomic E-state index is 12.3. The summed E-state index contributed by atoms with van der Waals surface area (Å²) in [5.74, 6) is 6.73. The molecule has 1 saturated carbocycles. The van der Waals surface area contributed by atoms with Crippen molar-refractivity contribution in [3.05, 3.63) is 23.8 Å². The van der Waals surface area contributed by atoms with E-state index in [-0.39, 0.29) is 12.7 Å². The van der Waals surface area contributed by atoms with E-state index in [4.69, 9.17) is 15.3 Å². The van der Waals surface area contributed by atoms with Crippen molar-refractivity contribution < 1.29 is 14.3 Å². The van der Waals surface area contributed by atoms with Gasteiger partial charge < -0.3 is 9.47 Å². The van der Waals surface area contributed by atoms with E-state index in [0.717, 1.165) is 37.0 Å². The first-order valence-corrected chi connectivity index (χ1v) is 6.67. The van der Waals surface area contributed by atoms with E-state index in [1.807, 2.05) is 18.2 Å². The minimum absolute atomic E-state index is 0.105. The zero-order chi connectivity index (χ0) is 13.3. The molecule has 3 rings (SSSR count). The summed E-state index contributed by atoms with van der Waals surface area (Å²) >= 11 is 0. The van der Waals surface area contributed by atoms with Crippen LogP contribution in [0.5, 0.6) is 11.5 Å². The van der Waals surface area contributed by atoms with Crippen molar-refractivity contribution in [1.29, 1.82) is 0 Å². The molecule has 2 aliphatic rings. The smallest absolute Gasteiger partial charge is 0.244 e. The highest BCUT2D eigenvalue weighted by molar-refractivity contribution is 5.88. The Hall–Kier alpha value is -1.75. The average molecular weight is 262 g/mol. The minimum atomic E-state index is -0.520. The number of ether oxygens (including phenoxy) is 2. The number of rotatable bonds is 2. The second-order valence-electron chi connectivity index (χ2n) is 5.18. The Morgan fingerprint density at radius 2 is 1.89 bits per heavy atom. The molecule has 0 radical (unpaired) electrons. The number of hydrogen-bond donors (Lipinski definition) is 2. The third-order valence-corrected chi connectivity index (χ3v) is 4.20. The second-order valence-corrected chi connectivity index (χ2v) is 5.18. The van der Waals surface area contributed by atoms with Gasteiger partial charge >= 0.3 is 0 Å². The fourth-order valence-electron chi connectivity index (χ4n) is 3.13. The molecule has 1 aliphatic carbocycles. The molecule has 0 unspecified atom stereocenters. The molecule has 0 bridgehead atoms. The Balaban J connectivity index is 2.02. The van der Waals surface area contributed by atoms with Crippen LogP contribution in [-0.2, 0) is 10.2 Å². The predicted octanol–water partition coefficient (Wildman–Crippen LogP) is 1.61. The van der Waals surface area contributed by atoms with Gasteiger partial charge in [-0.25, -0.2) is 5.84 Å². The Kier molecular flexibility index (Phi) is 3.06. The third kappa shape index (κ3) is 1.94. The van der Waals surface area contributed by atoms with Crippen LogP contribution in [0, 0.1) is 0 Å². The maximum absolute atomic E-state index is 12.3. The van der Waals surface area contributed by atoms with Gasteiger partial charge in [-0.1, -0.05) is 25.3 Å². The van der Waals surface area contributed by atoms with Crippen molar-refractivity contribution in [1.82, 2.24) is 5.43 Å². The summed E-state index contributed by atoms with van der Waals surface area (Å²) in [6.45, 7) is 0.245. The molecule has 1 aliphatic heterocycles. The van der Waals surface area contributed by atoms with E-state index in [9.17, 15) is 4.79 Å². The van der Waals surface area contributed by atoms with Crippen molar-refractivity contribution in [2.24, 2.45) is 5.84 Å². The number of hydrogen-bond acceptors (Lipinski definition) is 4. The van der Waals surface area contributed by atoms with Crippen LogP contribution in [0.25, 0.3) is 0 Å². The summed E-state index contributed by atoms with van der Waals surface area (Å²) < 4.78 is 10.7. The Bertz CT molecular complexity index is 495. The van der Waals surface area contributed by atoms with Gasteiger partial charge in [-0.15, -0.1) is 0 Å². The number of nitrogens with one attached hydrogen (secondary N) is 1. The van der Waals surface area contributed by atoms with Crippen LogP contribution in [0.15, 0.2) is 18.2 Å². The highest BCUT2D eigenvalue weighted by Crippen LogP contribution is 2.43. The van der Waals surface area contributed by atoms with Gasteiger partial charge in [0.1, 0.15) is 0 Å². The highest BCUT2D eigenvalue weighted by Gasteiger charge is 2.41. The fraction of sp³-hybridized carbons (Fsp3) is 0.500. The van der Waals surface area contributed by atoms with Crippen LogP contribution < -0.4 is 20.7 Å². The van der Waals surface area contributed by atoms with Gasteiger partial charge in [0, 0.05) is 0 Å².